The Morgan fingerprint density at radius 2 is 2.12 bits per heavy atom. The predicted molar refractivity (Wildman–Crippen MR) is 76.5 cm³/mol. The fourth-order valence-electron chi connectivity index (χ4n) is 1.18. The van der Waals surface area contributed by atoms with Gasteiger partial charge in [-0.2, -0.15) is 0 Å². The fourth-order valence-corrected chi connectivity index (χ4v) is 1.50. The Balaban J connectivity index is 2.58. The molecule has 0 aliphatic carbocycles. The molecule has 90 valence electrons. The molecule has 0 fully saturated rings. The summed E-state index contributed by atoms with van der Waals surface area (Å²) in [5.74, 6) is 0.797. The minimum absolute atomic E-state index is 0.727. The SMILES string of the molecule is C=C(/C=C\C(=C/C)NC)/C=C/c1ccc(Br)o1. The Hall–Kier alpha value is -1.48. The van der Waals surface area contributed by atoms with Gasteiger partial charge in [-0.25, -0.2) is 0 Å². The normalized spacial score (nSPS) is 12.5. The van der Waals surface area contributed by atoms with Crippen molar-refractivity contribution in [2.24, 2.45) is 0 Å². The Morgan fingerprint density at radius 1 is 1.35 bits per heavy atom. The van der Waals surface area contributed by atoms with Crippen LogP contribution >= 0.6 is 15.9 Å². The van der Waals surface area contributed by atoms with Crippen molar-refractivity contribution < 1.29 is 4.42 Å². The smallest absolute Gasteiger partial charge is 0.169 e. The third-order valence-electron chi connectivity index (χ3n) is 2.13. The second kappa shape index (κ2) is 6.97. The largest absolute Gasteiger partial charge is 0.450 e. The van der Waals surface area contributed by atoms with Crippen molar-refractivity contribution in [2.45, 2.75) is 6.92 Å². The molecule has 3 heteroatoms. The van der Waals surface area contributed by atoms with Crippen molar-refractivity contribution in [2.75, 3.05) is 7.05 Å². The highest BCUT2D eigenvalue weighted by atomic mass is 79.9. The van der Waals surface area contributed by atoms with Crippen molar-refractivity contribution in [3.8, 4) is 0 Å². The van der Waals surface area contributed by atoms with E-state index in [9.17, 15) is 0 Å². The van der Waals surface area contributed by atoms with Crippen LogP contribution in [0.2, 0.25) is 0 Å². The third kappa shape index (κ3) is 4.91. The van der Waals surface area contributed by atoms with Crippen molar-refractivity contribution in [3.63, 3.8) is 0 Å². The molecule has 0 radical (unpaired) electrons. The second-order valence-electron chi connectivity index (χ2n) is 3.38. The topological polar surface area (TPSA) is 25.2 Å². The van der Waals surface area contributed by atoms with Gasteiger partial charge >= 0.3 is 0 Å². The first kappa shape index (κ1) is 13.6. The number of rotatable bonds is 5. The molecule has 1 heterocycles. The van der Waals surface area contributed by atoms with Gasteiger partial charge in [-0.1, -0.05) is 24.8 Å². The summed E-state index contributed by atoms with van der Waals surface area (Å²) in [6.07, 6.45) is 9.71. The average molecular weight is 294 g/mol. The van der Waals surface area contributed by atoms with Gasteiger partial charge in [0.2, 0.25) is 0 Å². The molecule has 1 rings (SSSR count). The minimum atomic E-state index is 0.727. The van der Waals surface area contributed by atoms with E-state index < -0.39 is 0 Å². The molecule has 0 atom stereocenters. The third-order valence-corrected chi connectivity index (χ3v) is 2.56. The van der Waals surface area contributed by atoms with Gasteiger partial charge in [-0.05, 0) is 52.7 Å². The molecule has 0 aromatic carbocycles. The summed E-state index contributed by atoms with van der Waals surface area (Å²) in [5, 5.41) is 3.07. The lowest BCUT2D eigenvalue weighted by Crippen LogP contribution is -2.01. The summed E-state index contributed by atoms with van der Waals surface area (Å²) in [4.78, 5) is 0. The maximum atomic E-state index is 5.34. The highest BCUT2D eigenvalue weighted by molar-refractivity contribution is 9.10. The maximum absolute atomic E-state index is 5.34. The summed E-state index contributed by atoms with van der Waals surface area (Å²) in [7, 11) is 1.89. The van der Waals surface area contributed by atoms with Gasteiger partial charge in [-0.15, -0.1) is 0 Å². The van der Waals surface area contributed by atoms with E-state index in [0.29, 0.717) is 0 Å². The number of hydrogen-bond acceptors (Lipinski definition) is 2. The van der Waals surface area contributed by atoms with Crippen LogP contribution in [0.25, 0.3) is 6.08 Å². The van der Waals surface area contributed by atoms with E-state index in [1.165, 1.54) is 0 Å². The lowest BCUT2D eigenvalue weighted by molar-refractivity contribution is 0.531. The molecule has 0 amide bonds. The lowest BCUT2D eigenvalue weighted by Gasteiger charge is -1.97. The van der Waals surface area contributed by atoms with E-state index in [2.05, 4.69) is 27.8 Å². The van der Waals surface area contributed by atoms with E-state index in [1.807, 2.05) is 56.5 Å². The first-order valence-electron chi connectivity index (χ1n) is 5.30. The van der Waals surface area contributed by atoms with Crippen molar-refractivity contribution in [3.05, 3.63) is 64.7 Å². The molecule has 0 spiro atoms. The predicted octanol–water partition coefficient (Wildman–Crippen LogP) is 4.29. The van der Waals surface area contributed by atoms with E-state index in [-0.39, 0.29) is 0 Å². The van der Waals surface area contributed by atoms with Gasteiger partial charge in [0.05, 0.1) is 0 Å². The first-order valence-corrected chi connectivity index (χ1v) is 6.09. The average Bonchev–Trinajstić information content (AvgIpc) is 2.74. The van der Waals surface area contributed by atoms with Gasteiger partial charge in [0.25, 0.3) is 0 Å². The van der Waals surface area contributed by atoms with Crippen LogP contribution in [0, 0.1) is 0 Å². The summed E-state index contributed by atoms with van der Waals surface area (Å²) >= 11 is 3.25. The molecule has 1 aromatic heterocycles. The Morgan fingerprint density at radius 3 is 2.65 bits per heavy atom. The first-order chi connectivity index (χ1) is 8.15. The van der Waals surface area contributed by atoms with E-state index in [4.69, 9.17) is 4.42 Å². The summed E-state index contributed by atoms with van der Waals surface area (Å²) in [6, 6.07) is 3.75. The number of nitrogens with one attached hydrogen (secondary N) is 1. The van der Waals surface area contributed by atoms with E-state index in [1.54, 1.807) is 0 Å². The van der Waals surface area contributed by atoms with Crippen LogP contribution in [0.15, 0.2) is 63.4 Å². The van der Waals surface area contributed by atoms with E-state index in [0.717, 1.165) is 21.7 Å². The lowest BCUT2D eigenvalue weighted by atomic mass is 10.2. The van der Waals surface area contributed by atoms with Crippen LogP contribution in [0.3, 0.4) is 0 Å². The Labute approximate surface area is 111 Å². The number of halogens is 1. The molecule has 0 aliphatic rings. The molecule has 17 heavy (non-hydrogen) atoms. The molecule has 0 unspecified atom stereocenters. The second-order valence-corrected chi connectivity index (χ2v) is 4.16. The molecule has 0 saturated carbocycles. The molecule has 0 bridgehead atoms. The monoisotopic (exact) mass is 293 g/mol. The number of furan rings is 1. The summed E-state index contributed by atoms with van der Waals surface area (Å²) in [6.45, 7) is 5.92. The Kier molecular flexibility index (Phi) is 5.57. The standard InChI is InChI=1S/C14H16BrNO/c1-4-12(16-3)7-5-11(2)6-8-13-9-10-14(15)17-13/h4-10,16H,2H2,1,3H3/b7-5-,8-6+,12-4+. The van der Waals surface area contributed by atoms with E-state index >= 15 is 0 Å². The molecule has 1 aromatic rings. The molecule has 0 saturated heterocycles. The molecular weight excluding hydrogens is 278 g/mol. The van der Waals surface area contributed by atoms with Crippen LogP contribution in [0.1, 0.15) is 12.7 Å². The Bertz CT molecular complexity index is 466. The van der Waals surface area contributed by atoms with Gasteiger partial charge in [0, 0.05) is 12.7 Å². The van der Waals surface area contributed by atoms with Crippen LogP contribution in [0.4, 0.5) is 0 Å². The van der Waals surface area contributed by atoms with Gasteiger partial charge in [-0.3, -0.25) is 0 Å². The summed E-state index contributed by atoms with van der Waals surface area (Å²) in [5.41, 5.74) is 1.97. The van der Waals surface area contributed by atoms with Crippen LogP contribution in [0.5, 0.6) is 0 Å². The quantitative estimate of drug-likeness (QED) is 0.819. The van der Waals surface area contributed by atoms with Crippen molar-refractivity contribution in [1.29, 1.82) is 0 Å². The molecular formula is C14H16BrNO. The molecule has 1 N–H and O–H groups in total. The van der Waals surface area contributed by atoms with Gasteiger partial charge in [0.15, 0.2) is 4.67 Å². The van der Waals surface area contributed by atoms with Crippen LogP contribution < -0.4 is 5.32 Å². The molecule has 0 aliphatic heterocycles. The number of hydrogen-bond donors (Lipinski definition) is 1. The number of likely N-dealkylation sites (N-methyl/N-ethyl adjacent to an activating group) is 1. The minimum Gasteiger partial charge on any atom is -0.450 e. The highest BCUT2D eigenvalue weighted by Gasteiger charge is 1.93. The zero-order valence-electron chi connectivity index (χ0n) is 10.0. The zero-order valence-corrected chi connectivity index (χ0v) is 11.6. The van der Waals surface area contributed by atoms with Crippen LogP contribution in [-0.4, -0.2) is 7.05 Å². The highest BCUT2D eigenvalue weighted by Crippen LogP contribution is 2.15. The van der Waals surface area contributed by atoms with Crippen molar-refractivity contribution in [1.82, 2.24) is 5.32 Å². The summed E-state index contributed by atoms with van der Waals surface area (Å²) < 4.78 is 6.07. The van der Waals surface area contributed by atoms with Crippen molar-refractivity contribution >= 4 is 22.0 Å². The van der Waals surface area contributed by atoms with Gasteiger partial charge < -0.3 is 9.73 Å². The van der Waals surface area contributed by atoms with Crippen LogP contribution in [-0.2, 0) is 0 Å². The van der Waals surface area contributed by atoms with Gasteiger partial charge in [0.1, 0.15) is 5.76 Å². The maximum Gasteiger partial charge on any atom is 0.169 e. The zero-order chi connectivity index (χ0) is 12.7. The fraction of sp³-hybridized carbons (Fsp3) is 0.143. The molecule has 2 nitrogen and oxygen atoms in total. The number of allylic oxidation sites excluding steroid dienone is 5.